The molecule has 0 unspecified atom stereocenters. The van der Waals surface area contributed by atoms with E-state index in [-0.39, 0.29) is 12.5 Å². The Kier molecular flexibility index (Phi) is 8.58. The number of benzene rings is 1. The Labute approximate surface area is 141 Å². The van der Waals surface area contributed by atoms with Crippen LogP contribution in [0.25, 0.3) is 0 Å². The number of nitrogens with zero attached hydrogens (tertiary/aromatic N) is 2. The Morgan fingerprint density at radius 2 is 1.91 bits per heavy atom. The normalized spacial score (nSPS) is 11.2. The van der Waals surface area contributed by atoms with Crippen LogP contribution in [-0.4, -0.2) is 44.0 Å². The number of halogens is 1. The van der Waals surface area contributed by atoms with Gasteiger partial charge in [-0.2, -0.15) is 0 Å². The zero-order valence-corrected chi connectivity index (χ0v) is 15.1. The van der Waals surface area contributed by atoms with E-state index in [1.165, 1.54) is 0 Å². The Balaban J connectivity index is 2.60. The van der Waals surface area contributed by atoms with Gasteiger partial charge in [0.1, 0.15) is 0 Å². The number of guanidine groups is 1. The van der Waals surface area contributed by atoms with Crippen LogP contribution < -0.4 is 10.6 Å². The third-order valence-corrected chi connectivity index (χ3v) is 3.59. The van der Waals surface area contributed by atoms with E-state index in [0.29, 0.717) is 12.5 Å². The number of rotatable bonds is 7. The number of likely N-dealkylation sites (N-methyl/N-ethyl adjacent to an activating group) is 1. The van der Waals surface area contributed by atoms with Crippen molar-refractivity contribution in [1.82, 2.24) is 15.5 Å². The Morgan fingerprint density at radius 1 is 1.23 bits per heavy atom. The minimum Gasteiger partial charge on any atom is -0.356 e. The van der Waals surface area contributed by atoms with Crippen molar-refractivity contribution >= 4 is 27.8 Å². The van der Waals surface area contributed by atoms with Crippen LogP contribution in [0.4, 0.5) is 0 Å². The topological polar surface area (TPSA) is 56.7 Å². The first-order chi connectivity index (χ1) is 10.5. The molecule has 0 saturated heterocycles. The standard InChI is InChI=1S/C16H25BrN4O/c1-4-5-10-18-16(20-12-15(22)21(2)3)19-11-13-6-8-14(17)9-7-13/h6-9H,4-5,10-12H2,1-3H3,(H2,18,19,20). The molecule has 0 saturated carbocycles. The fourth-order valence-electron chi connectivity index (χ4n) is 1.64. The minimum atomic E-state index is 0.0219. The Morgan fingerprint density at radius 3 is 2.50 bits per heavy atom. The van der Waals surface area contributed by atoms with Crippen molar-refractivity contribution in [3.8, 4) is 0 Å². The lowest BCUT2D eigenvalue weighted by Gasteiger charge is -2.14. The van der Waals surface area contributed by atoms with Crippen LogP contribution >= 0.6 is 15.9 Å². The number of hydrogen-bond donors (Lipinski definition) is 2. The summed E-state index contributed by atoms with van der Waals surface area (Å²) in [6, 6.07) is 8.06. The number of amides is 1. The van der Waals surface area contributed by atoms with Gasteiger partial charge >= 0.3 is 0 Å². The molecule has 0 aliphatic heterocycles. The molecule has 0 heterocycles. The van der Waals surface area contributed by atoms with Crippen molar-refractivity contribution in [2.75, 3.05) is 27.2 Å². The van der Waals surface area contributed by atoms with E-state index in [1.807, 2.05) is 24.3 Å². The molecule has 2 N–H and O–H groups in total. The van der Waals surface area contributed by atoms with Crippen LogP contribution in [-0.2, 0) is 11.3 Å². The van der Waals surface area contributed by atoms with Gasteiger partial charge in [0, 0.05) is 25.1 Å². The number of aliphatic imine (C=N–C) groups is 1. The molecule has 1 aromatic carbocycles. The molecule has 0 atom stereocenters. The third kappa shape index (κ3) is 7.45. The molecule has 1 aromatic rings. The average molecular weight is 369 g/mol. The van der Waals surface area contributed by atoms with E-state index in [0.717, 1.165) is 29.4 Å². The van der Waals surface area contributed by atoms with Crippen molar-refractivity contribution < 1.29 is 4.79 Å². The predicted molar refractivity (Wildman–Crippen MR) is 94.9 cm³/mol. The predicted octanol–water partition coefficient (Wildman–Crippen LogP) is 2.37. The van der Waals surface area contributed by atoms with Gasteiger partial charge in [-0.25, -0.2) is 4.99 Å². The highest BCUT2D eigenvalue weighted by Crippen LogP contribution is 2.10. The summed E-state index contributed by atoms with van der Waals surface area (Å²) >= 11 is 3.42. The second-order valence-electron chi connectivity index (χ2n) is 5.21. The monoisotopic (exact) mass is 368 g/mol. The van der Waals surface area contributed by atoms with Crippen molar-refractivity contribution in [3.63, 3.8) is 0 Å². The molecular formula is C16H25BrN4O. The molecule has 6 heteroatoms. The molecule has 22 heavy (non-hydrogen) atoms. The summed E-state index contributed by atoms with van der Waals surface area (Å²) in [6.45, 7) is 3.80. The lowest BCUT2D eigenvalue weighted by atomic mass is 10.2. The van der Waals surface area contributed by atoms with Gasteiger partial charge in [0.15, 0.2) is 5.96 Å². The quantitative estimate of drug-likeness (QED) is 0.441. The van der Waals surface area contributed by atoms with Gasteiger partial charge in [-0.05, 0) is 24.1 Å². The molecule has 1 amide bonds. The van der Waals surface area contributed by atoms with Crippen molar-refractivity contribution in [2.24, 2.45) is 4.99 Å². The molecule has 122 valence electrons. The maximum Gasteiger partial charge on any atom is 0.241 e. The summed E-state index contributed by atoms with van der Waals surface area (Å²) < 4.78 is 1.05. The van der Waals surface area contributed by atoms with Crippen LogP contribution in [0, 0.1) is 0 Å². The molecule has 0 bridgehead atoms. The van der Waals surface area contributed by atoms with E-state index in [2.05, 4.69) is 38.5 Å². The molecule has 0 radical (unpaired) electrons. The molecule has 0 fully saturated rings. The maximum absolute atomic E-state index is 11.7. The van der Waals surface area contributed by atoms with Crippen molar-refractivity contribution in [2.45, 2.75) is 26.3 Å². The van der Waals surface area contributed by atoms with E-state index in [1.54, 1.807) is 19.0 Å². The van der Waals surface area contributed by atoms with Gasteiger partial charge in [-0.15, -0.1) is 0 Å². The summed E-state index contributed by atoms with van der Waals surface area (Å²) in [5.74, 6) is 0.695. The molecule has 1 rings (SSSR count). The summed E-state index contributed by atoms with van der Waals surface area (Å²) in [5, 5.41) is 6.34. The summed E-state index contributed by atoms with van der Waals surface area (Å²) in [4.78, 5) is 17.8. The lowest BCUT2D eigenvalue weighted by Crippen LogP contribution is -2.43. The van der Waals surface area contributed by atoms with Crippen LogP contribution in [0.1, 0.15) is 25.3 Å². The summed E-state index contributed by atoms with van der Waals surface area (Å²) in [6.07, 6.45) is 2.18. The van der Waals surface area contributed by atoms with Gasteiger partial charge in [-0.1, -0.05) is 41.4 Å². The van der Waals surface area contributed by atoms with Crippen LogP contribution in [0.3, 0.4) is 0 Å². The van der Waals surface area contributed by atoms with E-state index < -0.39 is 0 Å². The number of hydrogen-bond acceptors (Lipinski definition) is 2. The third-order valence-electron chi connectivity index (χ3n) is 3.06. The zero-order chi connectivity index (χ0) is 16.4. The average Bonchev–Trinajstić information content (AvgIpc) is 2.50. The summed E-state index contributed by atoms with van der Waals surface area (Å²) in [5.41, 5.74) is 1.12. The van der Waals surface area contributed by atoms with Crippen molar-refractivity contribution in [1.29, 1.82) is 0 Å². The highest BCUT2D eigenvalue weighted by Gasteiger charge is 2.05. The maximum atomic E-state index is 11.7. The Hall–Kier alpha value is -1.56. The molecule has 0 aliphatic carbocycles. The fourth-order valence-corrected chi connectivity index (χ4v) is 1.90. The minimum absolute atomic E-state index is 0.0219. The molecule has 5 nitrogen and oxygen atoms in total. The SMILES string of the molecule is CCCCNC(=NCc1ccc(Br)cc1)NCC(=O)N(C)C. The number of carbonyl (C=O) groups is 1. The smallest absolute Gasteiger partial charge is 0.241 e. The zero-order valence-electron chi connectivity index (χ0n) is 13.5. The fraction of sp³-hybridized carbons (Fsp3) is 0.500. The second-order valence-corrected chi connectivity index (χ2v) is 6.13. The van der Waals surface area contributed by atoms with Gasteiger partial charge in [0.05, 0.1) is 13.1 Å². The molecule has 0 aliphatic rings. The first kappa shape index (κ1) is 18.5. The first-order valence-electron chi connectivity index (χ1n) is 7.49. The number of unbranched alkanes of at least 4 members (excludes halogenated alkanes) is 1. The van der Waals surface area contributed by atoms with E-state index in [9.17, 15) is 4.79 Å². The van der Waals surface area contributed by atoms with Crippen LogP contribution in [0.5, 0.6) is 0 Å². The molecule has 0 spiro atoms. The van der Waals surface area contributed by atoms with Gasteiger partial charge in [0.25, 0.3) is 0 Å². The Bertz CT molecular complexity index is 485. The largest absolute Gasteiger partial charge is 0.356 e. The van der Waals surface area contributed by atoms with E-state index in [4.69, 9.17) is 0 Å². The van der Waals surface area contributed by atoms with Gasteiger partial charge < -0.3 is 15.5 Å². The first-order valence-corrected chi connectivity index (χ1v) is 8.29. The van der Waals surface area contributed by atoms with Gasteiger partial charge in [-0.3, -0.25) is 4.79 Å². The highest BCUT2D eigenvalue weighted by molar-refractivity contribution is 9.10. The highest BCUT2D eigenvalue weighted by atomic mass is 79.9. The number of nitrogens with one attached hydrogen (secondary N) is 2. The van der Waals surface area contributed by atoms with Crippen LogP contribution in [0.15, 0.2) is 33.7 Å². The number of carbonyl (C=O) groups excluding carboxylic acids is 1. The second kappa shape index (κ2) is 10.2. The van der Waals surface area contributed by atoms with Crippen molar-refractivity contribution in [3.05, 3.63) is 34.3 Å². The molecule has 0 aromatic heterocycles. The van der Waals surface area contributed by atoms with Gasteiger partial charge in [0.2, 0.25) is 5.91 Å². The van der Waals surface area contributed by atoms with Crippen LogP contribution in [0.2, 0.25) is 0 Å². The van der Waals surface area contributed by atoms with E-state index >= 15 is 0 Å². The molecular weight excluding hydrogens is 344 g/mol. The lowest BCUT2D eigenvalue weighted by molar-refractivity contribution is -0.127. The summed E-state index contributed by atoms with van der Waals surface area (Å²) in [7, 11) is 3.49.